The zero-order valence-corrected chi connectivity index (χ0v) is 12.9. The van der Waals surface area contributed by atoms with Gasteiger partial charge < -0.3 is 17.5 Å². The first-order valence-corrected chi connectivity index (χ1v) is 7.25. The number of benzene rings is 1. The highest BCUT2D eigenvalue weighted by Gasteiger charge is 2.06. The van der Waals surface area contributed by atoms with Crippen molar-refractivity contribution in [1.82, 2.24) is 0 Å². The van der Waals surface area contributed by atoms with E-state index in [0.29, 0.717) is 0 Å². The lowest BCUT2D eigenvalue weighted by atomic mass is 10.1. The van der Waals surface area contributed by atoms with Gasteiger partial charge in [-0.2, -0.15) is 0 Å². The molecule has 0 atom stereocenters. The summed E-state index contributed by atoms with van der Waals surface area (Å²) in [6.07, 6.45) is 2.13. The van der Waals surface area contributed by atoms with Gasteiger partial charge in [-0.25, -0.2) is 4.79 Å². The van der Waals surface area contributed by atoms with Crippen LogP contribution in [-0.2, 0) is 28.8 Å². The maximum absolute atomic E-state index is 11.8. The summed E-state index contributed by atoms with van der Waals surface area (Å²) in [5.74, 6) is -1.01. The standard InChI is InChI=1S/C13H13ClNO5S/c1-3-20-13(17)7-6-12(16)9-4-5-11(10(14)8-9)15-21(18)19-2/h4-8H,3H2,1-2H3/q-1/b7-6+. The van der Waals surface area contributed by atoms with Crippen LogP contribution in [0.15, 0.2) is 34.7 Å². The molecule has 0 amide bonds. The average molecular weight is 331 g/mol. The van der Waals surface area contributed by atoms with Crippen LogP contribution in [0.3, 0.4) is 0 Å². The van der Waals surface area contributed by atoms with E-state index in [1.54, 1.807) is 6.92 Å². The number of halogens is 1. The molecule has 1 aromatic rings. The maximum Gasteiger partial charge on any atom is 0.330 e. The fourth-order valence-corrected chi connectivity index (χ4v) is 1.95. The highest BCUT2D eigenvalue weighted by molar-refractivity contribution is 7.69. The molecule has 114 valence electrons. The summed E-state index contributed by atoms with van der Waals surface area (Å²) in [6.45, 7) is 1.90. The number of ketones is 1. The summed E-state index contributed by atoms with van der Waals surface area (Å²) in [5.41, 5.74) is 0.505. The molecule has 0 aliphatic carbocycles. The van der Waals surface area contributed by atoms with Crippen LogP contribution in [-0.4, -0.2) is 25.5 Å². The molecular formula is C13H13ClNO5S-. The Morgan fingerprint density at radius 2 is 2.10 bits per heavy atom. The molecule has 0 fully saturated rings. The Kier molecular flexibility index (Phi) is 7.07. The SMILES string of the molecule is CCOC(=O)/C=C/C(=O)c1ccc(N=[S-](=O)OC)c(Cl)c1. The van der Waals surface area contributed by atoms with Crippen molar-refractivity contribution in [3.63, 3.8) is 0 Å². The van der Waals surface area contributed by atoms with Gasteiger partial charge in [0.15, 0.2) is 5.78 Å². The van der Waals surface area contributed by atoms with Crippen LogP contribution in [0.25, 0.3) is 0 Å². The summed E-state index contributed by atoms with van der Waals surface area (Å²) in [4.78, 5) is 22.9. The summed E-state index contributed by atoms with van der Waals surface area (Å²) in [6, 6.07) is 4.26. The predicted octanol–water partition coefficient (Wildman–Crippen LogP) is 2.98. The Hall–Kier alpha value is -1.70. The molecule has 0 N–H and O–H groups in total. The van der Waals surface area contributed by atoms with Crippen LogP contribution in [0, 0.1) is 0 Å². The Morgan fingerprint density at radius 1 is 1.38 bits per heavy atom. The molecule has 0 saturated heterocycles. The molecule has 0 radical (unpaired) electrons. The first-order chi connectivity index (χ1) is 9.97. The number of allylic oxidation sites excluding steroid dienone is 1. The number of rotatable bonds is 6. The van der Waals surface area contributed by atoms with Gasteiger partial charge in [-0.1, -0.05) is 22.5 Å². The van der Waals surface area contributed by atoms with Crippen LogP contribution in [0.2, 0.25) is 5.02 Å². The summed E-state index contributed by atoms with van der Waals surface area (Å²) >= 11 is 5.94. The van der Waals surface area contributed by atoms with Gasteiger partial charge in [0.05, 0.1) is 17.3 Å². The van der Waals surface area contributed by atoms with Crippen molar-refractivity contribution in [2.24, 2.45) is 4.36 Å². The maximum atomic E-state index is 11.8. The quantitative estimate of drug-likeness (QED) is 0.346. The second-order valence-corrected chi connectivity index (χ2v) is 4.95. The minimum atomic E-state index is -1.84. The molecule has 0 unspecified atom stereocenters. The van der Waals surface area contributed by atoms with Crippen molar-refractivity contribution in [1.29, 1.82) is 0 Å². The molecule has 0 bridgehead atoms. The Labute approximate surface area is 129 Å². The van der Waals surface area contributed by atoms with Gasteiger partial charge in [-0.3, -0.25) is 4.79 Å². The van der Waals surface area contributed by atoms with Crippen molar-refractivity contribution in [3.05, 3.63) is 40.9 Å². The van der Waals surface area contributed by atoms with E-state index >= 15 is 0 Å². The van der Waals surface area contributed by atoms with Gasteiger partial charge in [0, 0.05) is 18.7 Å². The number of carbonyl (C=O) groups is 2. The van der Waals surface area contributed by atoms with Crippen LogP contribution < -0.4 is 0 Å². The minimum absolute atomic E-state index is 0.149. The monoisotopic (exact) mass is 330 g/mol. The highest BCUT2D eigenvalue weighted by Crippen LogP contribution is 2.26. The number of hydrogen-bond acceptors (Lipinski definition) is 7. The van der Waals surface area contributed by atoms with Crippen LogP contribution >= 0.6 is 11.6 Å². The first kappa shape index (κ1) is 17.4. The molecule has 1 aromatic carbocycles. The molecule has 0 aliphatic rings. The molecule has 21 heavy (non-hydrogen) atoms. The van der Waals surface area contributed by atoms with Crippen LogP contribution in [0.1, 0.15) is 17.3 Å². The summed E-state index contributed by atoms with van der Waals surface area (Å²) in [5, 5.41) is 0.149. The van der Waals surface area contributed by atoms with Crippen molar-refractivity contribution in [3.8, 4) is 0 Å². The van der Waals surface area contributed by atoms with Gasteiger partial charge in [-0.15, -0.1) is 0 Å². The lowest BCUT2D eigenvalue weighted by molar-refractivity contribution is -0.137. The summed E-state index contributed by atoms with van der Waals surface area (Å²) < 4.78 is 24.0. The van der Waals surface area contributed by atoms with Crippen molar-refractivity contribution >= 4 is 39.9 Å². The second-order valence-electron chi connectivity index (χ2n) is 3.59. The Morgan fingerprint density at radius 3 is 2.67 bits per heavy atom. The number of esters is 1. The van der Waals surface area contributed by atoms with Gasteiger partial charge in [0.2, 0.25) is 0 Å². The topological polar surface area (TPSA) is 82.0 Å². The van der Waals surface area contributed by atoms with E-state index in [4.69, 9.17) is 11.6 Å². The fraction of sp³-hybridized carbons (Fsp3) is 0.231. The zero-order valence-electron chi connectivity index (χ0n) is 11.4. The van der Waals surface area contributed by atoms with Crippen LogP contribution in [0.5, 0.6) is 0 Å². The third kappa shape index (κ3) is 5.66. The largest absolute Gasteiger partial charge is 0.463 e. The number of hydrogen-bond donors (Lipinski definition) is 0. The Bertz CT molecular complexity index is 650. The molecule has 0 aliphatic heterocycles. The minimum Gasteiger partial charge on any atom is -0.463 e. The van der Waals surface area contributed by atoms with Crippen molar-refractivity contribution in [2.75, 3.05) is 13.7 Å². The van der Waals surface area contributed by atoms with Gasteiger partial charge in [0.25, 0.3) is 0 Å². The van der Waals surface area contributed by atoms with E-state index < -0.39 is 22.6 Å². The van der Waals surface area contributed by atoms with E-state index in [9.17, 15) is 13.8 Å². The molecule has 8 heteroatoms. The van der Waals surface area contributed by atoms with Crippen LogP contribution in [0.4, 0.5) is 5.69 Å². The van der Waals surface area contributed by atoms with Crippen molar-refractivity contribution in [2.45, 2.75) is 6.92 Å². The Balaban J connectivity index is 2.91. The summed E-state index contributed by atoms with van der Waals surface area (Å²) in [7, 11) is -0.595. The number of ether oxygens (including phenoxy) is 1. The van der Waals surface area contributed by atoms with Gasteiger partial charge in [0.1, 0.15) is 0 Å². The van der Waals surface area contributed by atoms with Gasteiger partial charge in [-0.05, 0) is 31.2 Å². The third-order valence-corrected chi connectivity index (χ3v) is 3.14. The molecular weight excluding hydrogens is 318 g/mol. The fourth-order valence-electron chi connectivity index (χ4n) is 1.28. The lowest BCUT2D eigenvalue weighted by Gasteiger charge is -2.05. The zero-order chi connectivity index (χ0) is 15.8. The molecule has 1 rings (SSSR count). The average Bonchev–Trinajstić information content (AvgIpc) is 2.47. The number of nitrogens with zero attached hydrogens (tertiary/aromatic N) is 1. The lowest BCUT2D eigenvalue weighted by Crippen LogP contribution is -2.01. The van der Waals surface area contributed by atoms with E-state index in [0.717, 1.165) is 12.2 Å². The van der Waals surface area contributed by atoms with E-state index in [2.05, 4.69) is 13.3 Å². The molecule has 0 spiro atoms. The molecule has 0 saturated carbocycles. The first-order valence-electron chi connectivity index (χ1n) is 5.84. The normalized spacial score (nSPS) is 12.5. The highest BCUT2D eigenvalue weighted by atomic mass is 35.5. The van der Waals surface area contributed by atoms with E-state index in [-0.39, 0.29) is 22.9 Å². The van der Waals surface area contributed by atoms with E-state index in [1.165, 1.54) is 25.3 Å². The predicted molar refractivity (Wildman–Crippen MR) is 78.7 cm³/mol. The second kappa shape index (κ2) is 8.56. The third-order valence-electron chi connectivity index (χ3n) is 2.21. The number of carbonyl (C=O) groups excluding carboxylic acids is 2. The van der Waals surface area contributed by atoms with E-state index in [1.807, 2.05) is 0 Å². The molecule has 0 heterocycles. The smallest absolute Gasteiger partial charge is 0.330 e. The molecule has 0 aromatic heterocycles. The van der Waals surface area contributed by atoms with Crippen molar-refractivity contribution < 1.29 is 22.7 Å². The molecule has 6 nitrogen and oxygen atoms in total. The van der Waals surface area contributed by atoms with Gasteiger partial charge >= 0.3 is 5.97 Å².